The summed E-state index contributed by atoms with van der Waals surface area (Å²) in [4.78, 5) is 30.7. The minimum atomic E-state index is -0.477. The average molecular weight is 385 g/mol. The molecule has 0 atom stereocenters. The van der Waals surface area contributed by atoms with Crippen LogP contribution in [-0.4, -0.2) is 19.1 Å². The lowest BCUT2D eigenvalue weighted by atomic mass is 10.0. The molecule has 4 rings (SSSR count). The van der Waals surface area contributed by atoms with Gasteiger partial charge < -0.3 is 4.57 Å². The standard InChI is InChI=1S/C17H13BrN4O2/c1-21-14-13(15(23)20-17(21)24)22(16(18)19-14)9-11-7-4-6-10-5-2-3-8-12(10)11/h2-8H,9H2,1H3,(H,20,23,24). The molecule has 1 N–H and O–H groups in total. The zero-order chi connectivity index (χ0) is 16.8. The van der Waals surface area contributed by atoms with Crippen molar-refractivity contribution < 1.29 is 0 Å². The number of H-pyrrole nitrogens is 1. The second-order valence-corrected chi connectivity index (χ2v) is 6.31. The SMILES string of the molecule is Cn1c(=O)[nH]c(=O)c2c1nc(Br)n2Cc1cccc2ccccc12. The molecule has 0 amide bonds. The average Bonchev–Trinajstić information content (AvgIpc) is 2.90. The molecule has 6 nitrogen and oxygen atoms in total. The van der Waals surface area contributed by atoms with Crippen molar-refractivity contribution in [3.05, 3.63) is 73.6 Å². The van der Waals surface area contributed by atoms with Gasteiger partial charge in [-0.1, -0.05) is 42.5 Å². The smallest absolute Gasteiger partial charge is 0.308 e. The van der Waals surface area contributed by atoms with Crippen molar-refractivity contribution in [1.29, 1.82) is 0 Å². The Balaban J connectivity index is 1.98. The number of aromatic nitrogens is 4. The monoisotopic (exact) mass is 384 g/mol. The molecule has 0 fully saturated rings. The van der Waals surface area contributed by atoms with E-state index in [1.165, 1.54) is 4.57 Å². The zero-order valence-electron chi connectivity index (χ0n) is 12.8. The van der Waals surface area contributed by atoms with Crippen molar-refractivity contribution in [2.45, 2.75) is 6.54 Å². The van der Waals surface area contributed by atoms with Gasteiger partial charge in [-0.15, -0.1) is 0 Å². The van der Waals surface area contributed by atoms with Crippen LogP contribution in [0, 0.1) is 0 Å². The molecule has 0 unspecified atom stereocenters. The molecule has 0 radical (unpaired) electrons. The summed E-state index contributed by atoms with van der Waals surface area (Å²) >= 11 is 3.41. The zero-order valence-corrected chi connectivity index (χ0v) is 14.4. The maximum atomic E-state index is 12.3. The van der Waals surface area contributed by atoms with Crippen LogP contribution in [0.1, 0.15) is 5.56 Å². The van der Waals surface area contributed by atoms with E-state index in [1.807, 2.05) is 24.3 Å². The first-order valence-electron chi connectivity index (χ1n) is 7.38. The number of aromatic amines is 1. The fourth-order valence-electron chi connectivity index (χ4n) is 2.95. The Kier molecular flexibility index (Phi) is 3.38. The Morgan fingerprint density at radius 2 is 1.88 bits per heavy atom. The molecule has 0 saturated heterocycles. The van der Waals surface area contributed by atoms with Gasteiger partial charge in [0.25, 0.3) is 5.56 Å². The third-order valence-corrected chi connectivity index (χ3v) is 4.77. The number of hydrogen-bond donors (Lipinski definition) is 1. The molecule has 24 heavy (non-hydrogen) atoms. The molecule has 2 heterocycles. The van der Waals surface area contributed by atoms with Gasteiger partial charge in [-0.2, -0.15) is 0 Å². The van der Waals surface area contributed by atoms with Crippen LogP contribution in [0.25, 0.3) is 21.9 Å². The van der Waals surface area contributed by atoms with Crippen LogP contribution >= 0.6 is 15.9 Å². The largest absolute Gasteiger partial charge is 0.329 e. The van der Waals surface area contributed by atoms with Gasteiger partial charge >= 0.3 is 5.69 Å². The molecular weight excluding hydrogens is 372 g/mol. The molecule has 2 aromatic heterocycles. The summed E-state index contributed by atoms with van der Waals surface area (Å²) in [5.41, 5.74) is 0.885. The first-order valence-corrected chi connectivity index (χ1v) is 8.17. The van der Waals surface area contributed by atoms with Crippen molar-refractivity contribution in [2.75, 3.05) is 0 Å². The number of nitrogens with zero attached hydrogens (tertiary/aromatic N) is 3. The lowest BCUT2D eigenvalue weighted by molar-refractivity contribution is 0.795. The number of rotatable bonds is 2. The van der Waals surface area contributed by atoms with Gasteiger partial charge in [0.15, 0.2) is 15.9 Å². The van der Waals surface area contributed by atoms with Crippen LogP contribution in [0.5, 0.6) is 0 Å². The highest BCUT2D eigenvalue weighted by Crippen LogP contribution is 2.23. The molecule has 0 bridgehead atoms. The second-order valence-electron chi connectivity index (χ2n) is 5.60. The van der Waals surface area contributed by atoms with Gasteiger partial charge in [0, 0.05) is 7.05 Å². The number of nitrogens with one attached hydrogen (secondary N) is 1. The quantitative estimate of drug-likeness (QED) is 0.539. The summed E-state index contributed by atoms with van der Waals surface area (Å²) in [5.74, 6) is 0. The van der Waals surface area contributed by atoms with Crippen molar-refractivity contribution in [2.24, 2.45) is 7.05 Å². The maximum absolute atomic E-state index is 12.3. The first-order chi connectivity index (χ1) is 11.6. The Hall–Kier alpha value is -2.67. The van der Waals surface area contributed by atoms with Crippen LogP contribution in [0.15, 0.2) is 56.8 Å². The molecule has 7 heteroatoms. The number of imidazole rings is 1. The summed E-state index contributed by atoms with van der Waals surface area (Å²) in [7, 11) is 1.59. The van der Waals surface area contributed by atoms with E-state index in [1.54, 1.807) is 11.6 Å². The van der Waals surface area contributed by atoms with E-state index in [9.17, 15) is 9.59 Å². The van der Waals surface area contributed by atoms with E-state index in [0.29, 0.717) is 22.4 Å². The highest BCUT2D eigenvalue weighted by Gasteiger charge is 2.16. The van der Waals surface area contributed by atoms with Crippen molar-refractivity contribution in [3.63, 3.8) is 0 Å². The molecule has 120 valence electrons. The first kappa shape index (κ1) is 14.9. The summed E-state index contributed by atoms with van der Waals surface area (Å²) in [6, 6.07) is 14.2. The molecule has 0 aliphatic heterocycles. The van der Waals surface area contributed by atoms with Gasteiger partial charge in [-0.3, -0.25) is 14.3 Å². The van der Waals surface area contributed by atoms with Gasteiger partial charge in [0.2, 0.25) is 0 Å². The van der Waals surface area contributed by atoms with E-state index >= 15 is 0 Å². The van der Waals surface area contributed by atoms with Gasteiger partial charge in [-0.25, -0.2) is 9.78 Å². The molecule has 2 aromatic carbocycles. The molecule has 0 spiro atoms. The Labute approximate surface area is 144 Å². The number of halogens is 1. The van der Waals surface area contributed by atoms with E-state index in [-0.39, 0.29) is 0 Å². The molecule has 0 aliphatic carbocycles. The number of hydrogen-bond acceptors (Lipinski definition) is 3. The normalized spacial score (nSPS) is 11.4. The van der Waals surface area contributed by atoms with Crippen molar-refractivity contribution in [1.82, 2.24) is 19.1 Å². The third kappa shape index (κ3) is 2.20. The Morgan fingerprint density at radius 1 is 1.12 bits per heavy atom. The number of benzene rings is 2. The topological polar surface area (TPSA) is 72.7 Å². The van der Waals surface area contributed by atoms with Crippen molar-refractivity contribution >= 4 is 37.9 Å². The lowest BCUT2D eigenvalue weighted by Crippen LogP contribution is -2.29. The van der Waals surface area contributed by atoms with E-state index < -0.39 is 11.2 Å². The third-order valence-electron chi connectivity index (χ3n) is 4.17. The lowest BCUT2D eigenvalue weighted by Gasteiger charge is -2.09. The van der Waals surface area contributed by atoms with Gasteiger partial charge in [0.1, 0.15) is 0 Å². The minimum Gasteiger partial charge on any atom is -0.308 e. The predicted molar refractivity (Wildman–Crippen MR) is 96.3 cm³/mol. The van der Waals surface area contributed by atoms with Crippen LogP contribution in [0.4, 0.5) is 0 Å². The van der Waals surface area contributed by atoms with Crippen LogP contribution in [-0.2, 0) is 13.6 Å². The summed E-state index contributed by atoms with van der Waals surface area (Å²) in [6.07, 6.45) is 0. The maximum Gasteiger partial charge on any atom is 0.329 e. The Bertz CT molecular complexity index is 1200. The number of aryl methyl sites for hydroxylation is 1. The highest BCUT2D eigenvalue weighted by molar-refractivity contribution is 9.10. The van der Waals surface area contributed by atoms with Gasteiger partial charge in [0.05, 0.1) is 6.54 Å². The van der Waals surface area contributed by atoms with Crippen molar-refractivity contribution in [3.8, 4) is 0 Å². The summed E-state index contributed by atoms with van der Waals surface area (Å²) in [5, 5.41) is 2.26. The molecule has 0 saturated carbocycles. The fraction of sp³-hybridized carbons (Fsp3) is 0.118. The second kappa shape index (κ2) is 5.45. The van der Waals surface area contributed by atoms with E-state index in [0.717, 1.165) is 16.3 Å². The van der Waals surface area contributed by atoms with Crippen LogP contribution in [0.3, 0.4) is 0 Å². The summed E-state index contributed by atoms with van der Waals surface area (Å²) in [6.45, 7) is 0.472. The highest BCUT2D eigenvalue weighted by atomic mass is 79.9. The molecular formula is C17H13BrN4O2. The van der Waals surface area contributed by atoms with Crippen LogP contribution in [0.2, 0.25) is 0 Å². The fourth-order valence-corrected chi connectivity index (χ4v) is 3.42. The molecule has 4 aromatic rings. The number of fused-ring (bicyclic) bond motifs is 2. The van der Waals surface area contributed by atoms with E-state index in [2.05, 4.69) is 44.1 Å². The van der Waals surface area contributed by atoms with Crippen LogP contribution < -0.4 is 11.2 Å². The Morgan fingerprint density at radius 3 is 2.71 bits per heavy atom. The van der Waals surface area contributed by atoms with Gasteiger partial charge in [-0.05, 0) is 32.3 Å². The van der Waals surface area contributed by atoms with E-state index in [4.69, 9.17) is 0 Å². The summed E-state index contributed by atoms with van der Waals surface area (Å²) < 4.78 is 3.62. The predicted octanol–water partition coefficient (Wildman–Crippen LogP) is 2.39. The minimum absolute atomic E-state index is 0.357. The molecule has 0 aliphatic rings.